The first-order chi connectivity index (χ1) is 12.1. The Labute approximate surface area is 174 Å². The van der Waals surface area contributed by atoms with Crippen LogP contribution in [0.2, 0.25) is 0 Å². The zero-order valence-corrected chi connectivity index (χ0v) is 17.4. The molecule has 1 aromatic rings. The van der Waals surface area contributed by atoms with Crippen molar-refractivity contribution in [3.63, 3.8) is 0 Å². The Kier molecular flexibility index (Phi) is 7.42. The standard InChI is InChI=1S/C20H29N3O2.2ClH/c1-25-12-16(21)19(24)22-17-4-2-3-5-18(17)23-20-9-13-6-14(10-20)8-15(7-13)11-20;;/h2-5,13-16,23H,6-12,21H2,1H3,(H,22,24);2*1H. The van der Waals surface area contributed by atoms with E-state index in [4.69, 9.17) is 10.5 Å². The topological polar surface area (TPSA) is 76.4 Å². The molecule has 1 aromatic carbocycles. The molecule has 5 rings (SSSR count). The normalized spacial score (nSPS) is 31.4. The summed E-state index contributed by atoms with van der Waals surface area (Å²) in [5.74, 6) is 2.45. The van der Waals surface area contributed by atoms with Crippen LogP contribution in [-0.2, 0) is 9.53 Å². The van der Waals surface area contributed by atoms with Gasteiger partial charge in [0.05, 0.1) is 18.0 Å². The highest BCUT2D eigenvalue weighted by Crippen LogP contribution is 2.56. The van der Waals surface area contributed by atoms with Gasteiger partial charge in [-0.05, 0) is 68.4 Å². The second-order valence-corrected chi connectivity index (χ2v) is 8.42. The van der Waals surface area contributed by atoms with E-state index >= 15 is 0 Å². The molecule has 27 heavy (non-hydrogen) atoms. The van der Waals surface area contributed by atoms with E-state index in [9.17, 15) is 4.79 Å². The van der Waals surface area contributed by atoms with Crippen LogP contribution in [0.25, 0.3) is 0 Å². The number of nitrogens with two attached hydrogens (primary N) is 1. The number of anilines is 2. The molecule has 4 aliphatic rings. The van der Waals surface area contributed by atoms with Crippen molar-refractivity contribution in [3.05, 3.63) is 24.3 Å². The number of benzene rings is 1. The Morgan fingerprint density at radius 2 is 1.63 bits per heavy atom. The predicted octanol–water partition coefficient (Wildman–Crippen LogP) is 3.82. The molecule has 0 saturated heterocycles. The van der Waals surface area contributed by atoms with Crippen LogP contribution in [0.1, 0.15) is 38.5 Å². The van der Waals surface area contributed by atoms with Gasteiger partial charge in [0.25, 0.3) is 0 Å². The molecule has 4 aliphatic carbocycles. The first-order valence-corrected chi connectivity index (χ1v) is 9.49. The Balaban J connectivity index is 0.00000131. The van der Waals surface area contributed by atoms with Gasteiger partial charge < -0.3 is 21.1 Å². The summed E-state index contributed by atoms with van der Waals surface area (Å²) in [6.45, 7) is 0.219. The van der Waals surface area contributed by atoms with E-state index in [1.165, 1.54) is 38.5 Å². The van der Waals surface area contributed by atoms with Crippen LogP contribution in [0, 0.1) is 17.8 Å². The first-order valence-electron chi connectivity index (χ1n) is 9.49. The minimum atomic E-state index is -0.655. The van der Waals surface area contributed by atoms with Gasteiger partial charge in [-0.3, -0.25) is 4.79 Å². The van der Waals surface area contributed by atoms with Gasteiger partial charge in [-0.1, -0.05) is 12.1 Å². The third-order valence-electron chi connectivity index (χ3n) is 6.31. The summed E-state index contributed by atoms with van der Waals surface area (Å²) < 4.78 is 4.98. The predicted molar refractivity (Wildman–Crippen MR) is 114 cm³/mol. The monoisotopic (exact) mass is 415 g/mol. The van der Waals surface area contributed by atoms with Gasteiger partial charge >= 0.3 is 0 Å². The highest BCUT2D eigenvalue weighted by atomic mass is 35.5. The summed E-state index contributed by atoms with van der Waals surface area (Å²) in [5, 5.41) is 6.82. The van der Waals surface area contributed by atoms with Crippen LogP contribution in [0.4, 0.5) is 11.4 Å². The van der Waals surface area contributed by atoms with Crippen LogP contribution >= 0.6 is 24.8 Å². The van der Waals surface area contributed by atoms with Crippen molar-refractivity contribution in [2.24, 2.45) is 23.5 Å². The molecule has 1 atom stereocenters. The molecular formula is C20H31Cl2N3O2. The second kappa shape index (κ2) is 8.99. The zero-order valence-electron chi connectivity index (χ0n) is 15.8. The van der Waals surface area contributed by atoms with Crippen LogP contribution < -0.4 is 16.4 Å². The largest absolute Gasteiger partial charge is 0.383 e. The summed E-state index contributed by atoms with van der Waals surface area (Å²) in [4.78, 5) is 12.3. The minimum Gasteiger partial charge on any atom is -0.383 e. The number of nitrogens with one attached hydrogen (secondary N) is 2. The van der Waals surface area contributed by atoms with Crippen LogP contribution in [0.3, 0.4) is 0 Å². The Hall–Kier alpha value is -1.01. The molecule has 0 aliphatic heterocycles. The maximum absolute atomic E-state index is 12.3. The van der Waals surface area contributed by atoms with Crippen LogP contribution in [0.15, 0.2) is 24.3 Å². The molecule has 5 nitrogen and oxygen atoms in total. The third kappa shape index (κ3) is 4.70. The van der Waals surface area contributed by atoms with Crippen molar-refractivity contribution in [1.82, 2.24) is 0 Å². The highest BCUT2D eigenvalue weighted by molar-refractivity contribution is 5.97. The molecule has 4 fully saturated rings. The summed E-state index contributed by atoms with van der Waals surface area (Å²) in [7, 11) is 1.55. The zero-order chi connectivity index (χ0) is 17.4. The fourth-order valence-electron chi connectivity index (χ4n) is 5.73. The Bertz CT molecular complexity index is 621. The smallest absolute Gasteiger partial charge is 0.243 e. The van der Waals surface area contributed by atoms with Gasteiger partial charge in [0.1, 0.15) is 6.04 Å². The maximum atomic E-state index is 12.3. The lowest BCUT2D eigenvalue weighted by Crippen LogP contribution is -2.54. The number of amides is 1. The SMILES string of the molecule is COCC(N)C(=O)Nc1ccccc1NC12CC3CC(CC(C3)C1)C2.Cl.Cl. The fourth-order valence-corrected chi connectivity index (χ4v) is 5.73. The molecule has 152 valence electrons. The molecular weight excluding hydrogens is 385 g/mol. The number of para-hydroxylation sites is 2. The number of halogens is 2. The quantitative estimate of drug-likeness (QED) is 0.659. The molecule has 1 unspecified atom stereocenters. The third-order valence-corrected chi connectivity index (χ3v) is 6.31. The summed E-state index contributed by atoms with van der Waals surface area (Å²) in [6.07, 6.45) is 8.07. The molecule has 4 saturated carbocycles. The molecule has 0 spiro atoms. The second-order valence-electron chi connectivity index (χ2n) is 8.42. The van der Waals surface area contributed by atoms with Crippen LogP contribution in [0.5, 0.6) is 0 Å². The van der Waals surface area contributed by atoms with E-state index in [0.29, 0.717) is 0 Å². The van der Waals surface area contributed by atoms with E-state index in [2.05, 4.69) is 16.7 Å². The van der Waals surface area contributed by atoms with E-state index < -0.39 is 6.04 Å². The molecule has 0 aromatic heterocycles. The molecule has 7 heteroatoms. The number of methoxy groups -OCH3 is 1. The van der Waals surface area contributed by atoms with Gasteiger partial charge in [0.2, 0.25) is 5.91 Å². The maximum Gasteiger partial charge on any atom is 0.243 e. The number of hydrogen-bond donors (Lipinski definition) is 3. The van der Waals surface area contributed by atoms with Gasteiger partial charge in [-0.2, -0.15) is 0 Å². The van der Waals surface area contributed by atoms with Crippen molar-refractivity contribution in [1.29, 1.82) is 0 Å². The summed E-state index contributed by atoms with van der Waals surface area (Å²) in [6, 6.07) is 7.32. The molecule has 4 bridgehead atoms. The van der Waals surface area contributed by atoms with E-state index in [-0.39, 0.29) is 42.9 Å². The van der Waals surface area contributed by atoms with E-state index in [1.54, 1.807) is 7.11 Å². The molecule has 0 radical (unpaired) electrons. The lowest BCUT2D eigenvalue weighted by Gasteiger charge is -2.57. The van der Waals surface area contributed by atoms with E-state index in [1.807, 2.05) is 18.2 Å². The average molecular weight is 416 g/mol. The number of hydrogen-bond acceptors (Lipinski definition) is 4. The number of rotatable bonds is 6. The molecule has 4 N–H and O–H groups in total. The lowest BCUT2D eigenvalue weighted by molar-refractivity contribution is -0.118. The fraction of sp³-hybridized carbons (Fsp3) is 0.650. The summed E-state index contributed by atoms with van der Waals surface area (Å²) in [5.41, 5.74) is 7.90. The number of ether oxygens (including phenoxy) is 1. The Morgan fingerprint density at radius 1 is 1.11 bits per heavy atom. The Morgan fingerprint density at radius 3 is 2.15 bits per heavy atom. The molecule has 1 amide bonds. The van der Waals surface area contributed by atoms with Crippen molar-refractivity contribution in [2.75, 3.05) is 24.4 Å². The van der Waals surface area contributed by atoms with Gasteiger partial charge in [-0.25, -0.2) is 0 Å². The average Bonchev–Trinajstić information content (AvgIpc) is 2.55. The summed E-state index contributed by atoms with van der Waals surface area (Å²) >= 11 is 0. The van der Waals surface area contributed by atoms with Crippen molar-refractivity contribution < 1.29 is 9.53 Å². The lowest BCUT2D eigenvalue weighted by atomic mass is 9.53. The first kappa shape index (κ1) is 22.3. The van der Waals surface area contributed by atoms with Gasteiger partial charge in [0, 0.05) is 12.6 Å². The van der Waals surface area contributed by atoms with Crippen molar-refractivity contribution in [3.8, 4) is 0 Å². The number of carbonyl (C=O) groups is 1. The van der Waals surface area contributed by atoms with Gasteiger partial charge in [-0.15, -0.1) is 24.8 Å². The molecule has 0 heterocycles. The number of carbonyl (C=O) groups excluding carboxylic acids is 1. The van der Waals surface area contributed by atoms with Crippen molar-refractivity contribution in [2.45, 2.75) is 50.1 Å². The highest BCUT2D eigenvalue weighted by Gasteiger charge is 2.51. The minimum absolute atomic E-state index is 0. The van der Waals surface area contributed by atoms with Gasteiger partial charge in [0.15, 0.2) is 0 Å². The van der Waals surface area contributed by atoms with E-state index in [0.717, 1.165) is 29.1 Å². The van der Waals surface area contributed by atoms with Crippen LogP contribution in [-0.4, -0.2) is 31.2 Å². The van der Waals surface area contributed by atoms with Crippen molar-refractivity contribution >= 4 is 42.1 Å².